The molecule has 2 aliphatic heterocycles. The van der Waals surface area contributed by atoms with Crippen molar-refractivity contribution in [2.75, 3.05) is 5.75 Å². The average Bonchev–Trinajstić information content (AvgIpc) is 3.10. The van der Waals surface area contributed by atoms with Crippen LogP contribution in [0.25, 0.3) is 16.7 Å². The predicted octanol–water partition coefficient (Wildman–Crippen LogP) is 1.65. The van der Waals surface area contributed by atoms with Gasteiger partial charge in [0, 0.05) is 28.3 Å². The fourth-order valence-electron chi connectivity index (χ4n) is 3.04. The zero-order chi connectivity index (χ0) is 17.7. The van der Waals surface area contributed by atoms with Crippen molar-refractivity contribution in [3.05, 3.63) is 46.5 Å². The van der Waals surface area contributed by atoms with Crippen LogP contribution in [0.4, 0.5) is 0 Å². The minimum absolute atomic E-state index is 0.157. The first-order valence-electron chi connectivity index (χ1n) is 7.68. The third-order valence-corrected chi connectivity index (χ3v) is 6.92. The summed E-state index contributed by atoms with van der Waals surface area (Å²) in [7, 11) is 1.97. The average molecular weight is 391 g/mol. The van der Waals surface area contributed by atoms with Gasteiger partial charge in [0.05, 0.1) is 0 Å². The number of rotatable bonds is 3. The van der Waals surface area contributed by atoms with E-state index in [9.17, 15) is 9.59 Å². The zero-order valence-electron chi connectivity index (χ0n) is 13.4. The van der Waals surface area contributed by atoms with Gasteiger partial charge in [0.25, 0.3) is 0 Å². The molecule has 5 nitrogen and oxygen atoms in total. The number of thiol groups is 1. The molecule has 2 aromatic heterocycles. The molecule has 1 saturated heterocycles. The Balaban J connectivity index is 1.74. The molecule has 0 saturated carbocycles. The Morgan fingerprint density at radius 3 is 2.76 bits per heavy atom. The largest absolute Gasteiger partial charge is 0.317 e. The number of hydrogen-bond donors (Lipinski definition) is 2. The molecule has 0 aliphatic carbocycles. The Labute approximate surface area is 158 Å². The van der Waals surface area contributed by atoms with Crippen LogP contribution in [0.3, 0.4) is 0 Å². The number of amides is 1. The molecule has 0 spiro atoms. The topological polar surface area (TPSA) is 67.3 Å². The SMILES string of the molecule is C[n+]1ccc(-c2csc(C3=C(C(=O)S)N4C(=O)[C@@H](N)[C@H]4SC3)c2)cc1. The summed E-state index contributed by atoms with van der Waals surface area (Å²) in [5.74, 6) is 0.437. The van der Waals surface area contributed by atoms with Gasteiger partial charge >= 0.3 is 0 Å². The van der Waals surface area contributed by atoms with E-state index < -0.39 is 6.04 Å². The van der Waals surface area contributed by atoms with Gasteiger partial charge in [0.2, 0.25) is 11.0 Å². The molecule has 2 atom stereocenters. The maximum atomic E-state index is 12.1. The summed E-state index contributed by atoms with van der Waals surface area (Å²) in [4.78, 5) is 26.7. The summed E-state index contributed by atoms with van der Waals surface area (Å²) in [5.41, 5.74) is 9.30. The van der Waals surface area contributed by atoms with Crippen LogP contribution in [0.15, 0.2) is 41.7 Å². The maximum Gasteiger partial charge on any atom is 0.248 e. The lowest BCUT2D eigenvalue weighted by Crippen LogP contribution is -2.68. The highest BCUT2D eigenvalue weighted by molar-refractivity contribution is 8.00. The number of carbonyl (C=O) groups excluding carboxylic acids is 2. The molecule has 8 heteroatoms. The van der Waals surface area contributed by atoms with E-state index in [-0.39, 0.29) is 16.4 Å². The Morgan fingerprint density at radius 1 is 1.36 bits per heavy atom. The smallest absolute Gasteiger partial charge is 0.248 e. The number of carbonyl (C=O) groups is 2. The molecule has 2 aliphatic rings. The van der Waals surface area contributed by atoms with Crippen molar-refractivity contribution < 1.29 is 14.2 Å². The quantitative estimate of drug-likeness (QED) is 0.475. The van der Waals surface area contributed by atoms with E-state index in [2.05, 4.69) is 36.2 Å². The van der Waals surface area contributed by atoms with Crippen LogP contribution in [0.2, 0.25) is 0 Å². The number of nitrogens with two attached hydrogens (primary N) is 1. The van der Waals surface area contributed by atoms with Crippen molar-refractivity contribution >= 4 is 52.3 Å². The number of thiophene rings is 1. The summed E-state index contributed by atoms with van der Waals surface area (Å²) in [5, 5.41) is 1.52. The van der Waals surface area contributed by atoms with Crippen molar-refractivity contribution in [3.8, 4) is 11.1 Å². The van der Waals surface area contributed by atoms with Gasteiger partial charge in [-0.1, -0.05) is 12.6 Å². The fraction of sp³-hybridized carbons (Fsp3) is 0.235. The van der Waals surface area contributed by atoms with Gasteiger partial charge in [-0.25, -0.2) is 4.57 Å². The number of nitrogens with zero attached hydrogens (tertiary/aromatic N) is 2. The van der Waals surface area contributed by atoms with E-state index in [1.54, 1.807) is 23.1 Å². The third kappa shape index (κ3) is 2.73. The van der Waals surface area contributed by atoms with Crippen molar-refractivity contribution in [2.24, 2.45) is 12.8 Å². The standard InChI is InChI=1S/C17H15N3O2S3/c1-19-4-2-9(3-5-19)10-6-12(24-7-10)11-8-25-16-13(18)15(21)20(16)14(11)17(22)23/h2-7,13,16H,8,18H2,1H3/p+1/t13-,16-/m1/s1. The van der Waals surface area contributed by atoms with E-state index in [1.807, 2.05) is 24.0 Å². The van der Waals surface area contributed by atoms with Gasteiger partial charge < -0.3 is 5.73 Å². The summed E-state index contributed by atoms with van der Waals surface area (Å²) in [6.07, 6.45) is 3.99. The molecule has 0 aromatic carbocycles. The molecule has 2 aromatic rings. The number of β-lactam (4-membered cyclic amide) rings is 1. The first-order chi connectivity index (χ1) is 12.0. The highest BCUT2D eigenvalue weighted by Gasteiger charge is 2.51. The predicted molar refractivity (Wildman–Crippen MR) is 103 cm³/mol. The van der Waals surface area contributed by atoms with Crippen molar-refractivity contribution in [2.45, 2.75) is 11.4 Å². The van der Waals surface area contributed by atoms with Gasteiger partial charge in [-0.05, 0) is 22.6 Å². The lowest BCUT2D eigenvalue weighted by molar-refractivity contribution is -0.671. The summed E-state index contributed by atoms with van der Waals surface area (Å²) < 4.78 is 1.98. The van der Waals surface area contributed by atoms with Crippen LogP contribution < -0.4 is 10.3 Å². The van der Waals surface area contributed by atoms with Crippen molar-refractivity contribution in [1.82, 2.24) is 4.90 Å². The second-order valence-corrected chi connectivity index (χ2v) is 8.44. The van der Waals surface area contributed by atoms with E-state index in [0.717, 1.165) is 21.6 Å². The van der Waals surface area contributed by atoms with E-state index >= 15 is 0 Å². The van der Waals surface area contributed by atoms with Crippen LogP contribution in [0, 0.1) is 0 Å². The lowest BCUT2D eigenvalue weighted by Gasteiger charge is -2.48. The Kier molecular flexibility index (Phi) is 4.23. The molecule has 1 fully saturated rings. The molecule has 4 rings (SSSR count). The number of pyridine rings is 1. The van der Waals surface area contributed by atoms with Gasteiger partial charge in [0.15, 0.2) is 12.4 Å². The molecule has 0 unspecified atom stereocenters. The minimum Gasteiger partial charge on any atom is -0.317 e. The van der Waals surface area contributed by atoms with Crippen LogP contribution in [0.1, 0.15) is 4.88 Å². The van der Waals surface area contributed by atoms with E-state index in [4.69, 9.17) is 5.73 Å². The third-order valence-electron chi connectivity index (χ3n) is 4.42. The number of thioether (sulfide) groups is 1. The Bertz CT molecular complexity index is 904. The van der Waals surface area contributed by atoms with Gasteiger partial charge in [-0.3, -0.25) is 14.5 Å². The fourth-order valence-corrected chi connectivity index (χ4v) is 5.65. The van der Waals surface area contributed by atoms with Gasteiger partial charge in [-0.15, -0.1) is 23.1 Å². The second kappa shape index (κ2) is 6.28. The Morgan fingerprint density at radius 2 is 2.08 bits per heavy atom. The van der Waals surface area contributed by atoms with E-state index in [1.165, 1.54) is 4.90 Å². The maximum absolute atomic E-state index is 12.1. The molecule has 4 heterocycles. The highest BCUT2D eigenvalue weighted by Crippen LogP contribution is 2.44. The zero-order valence-corrected chi connectivity index (χ0v) is 15.9. The van der Waals surface area contributed by atoms with Crippen molar-refractivity contribution in [1.29, 1.82) is 0 Å². The van der Waals surface area contributed by atoms with Crippen LogP contribution in [-0.4, -0.2) is 33.1 Å². The number of aryl methyl sites for hydroxylation is 1. The molecular weight excluding hydrogens is 374 g/mol. The monoisotopic (exact) mass is 390 g/mol. The highest BCUT2D eigenvalue weighted by atomic mass is 32.2. The van der Waals surface area contributed by atoms with Crippen LogP contribution in [-0.2, 0) is 16.6 Å². The normalized spacial score (nSPS) is 22.7. The Hall–Kier alpha value is -1.61. The number of fused-ring (bicyclic) bond motifs is 1. The first kappa shape index (κ1) is 16.8. The summed E-state index contributed by atoms with van der Waals surface area (Å²) >= 11 is 7.17. The summed E-state index contributed by atoms with van der Waals surface area (Å²) in [6.45, 7) is 0. The van der Waals surface area contributed by atoms with Crippen molar-refractivity contribution in [3.63, 3.8) is 0 Å². The number of hydrogen-bond acceptors (Lipinski definition) is 5. The summed E-state index contributed by atoms with van der Waals surface area (Å²) in [6, 6.07) is 5.64. The molecule has 0 bridgehead atoms. The minimum atomic E-state index is -0.529. The first-order valence-corrected chi connectivity index (χ1v) is 10.1. The van der Waals surface area contributed by atoms with Gasteiger partial charge in [0.1, 0.15) is 24.2 Å². The van der Waals surface area contributed by atoms with Crippen LogP contribution >= 0.6 is 35.7 Å². The molecule has 128 valence electrons. The lowest BCUT2D eigenvalue weighted by atomic mass is 10.0. The molecule has 1 amide bonds. The van der Waals surface area contributed by atoms with Gasteiger partial charge in [-0.2, -0.15) is 0 Å². The van der Waals surface area contributed by atoms with Crippen LogP contribution in [0.5, 0.6) is 0 Å². The van der Waals surface area contributed by atoms with E-state index in [0.29, 0.717) is 11.4 Å². The second-order valence-electron chi connectivity index (χ2n) is 6.02. The molecule has 25 heavy (non-hydrogen) atoms. The molecular formula is C17H16N3O2S3+. The number of aromatic nitrogens is 1. The molecule has 0 radical (unpaired) electrons. The molecule has 2 N–H and O–H groups in total.